The Morgan fingerprint density at radius 2 is 1.92 bits per heavy atom. The van der Waals surface area contributed by atoms with E-state index in [0.29, 0.717) is 0 Å². The SMILES string of the molecule is Cc1nc(C)c2c(C)c[nH]c2n1. The molecule has 3 heteroatoms. The van der Waals surface area contributed by atoms with Gasteiger partial charge in [-0.25, -0.2) is 9.97 Å². The van der Waals surface area contributed by atoms with Gasteiger partial charge in [0.05, 0.1) is 5.69 Å². The largest absolute Gasteiger partial charge is 0.346 e. The van der Waals surface area contributed by atoms with Gasteiger partial charge in [0.1, 0.15) is 11.5 Å². The van der Waals surface area contributed by atoms with E-state index in [1.54, 1.807) is 0 Å². The van der Waals surface area contributed by atoms with Crippen molar-refractivity contribution in [3.63, 3.8) is 0 Å². The van der Waals surface area contributed by atoms with Crippen LogP contribution in [0.5, 0.6) is 0 Å². The van der Waals surface area contributed by atoms with Crippen LogP contribution >= 0.6 is 0 Å². The minimum Gasteiger partial charge on any atom is -0.346 e. The Balaban J connectivity index is 2.93. The molecule has 0 aromatic carbocycles. The first-order valence-electron chi connectivity index (χ1n) is 3.97. The molecule has 0 radical (unpaired) electrons. The van der Waals surface area contributed by atoms with Crippen molar-refractivity contribution >= 4 is 11.0 Å². The molecule has 0 aliphatic rings. The minimum absolute atomic E-state index is 0.821. The third-order valence-electron chi connectivity index (χ3n) is 2.02. The van der Waals surface area contributed by atoms with Gasteiger partial charge in [0, 0.05) is 11.6 Å². The van der Waals surface area contributed by atoms with Gasteiger partial charge < -0.3 is 4.98 Å². The lowest BCUT2D eigenvalue weighted by molar-refractivity contribution is 1.04. The molecule has 2 rings (SSSR count). The van der Waals surface area contributed by atoms with Crippen molar-refractivity contribution in [3.05, 3.63) is 23.3 Å². The molecular weight excluding hydrogens is 150 g/mol. The Kier molecular flexibility index (Phi) is 1.40. The summed E-state index contributed by atoms with van der Waals surface area (Å²) in [6.07, 6.45) is 1.96. The van der Waals surface area contributed by atoms with Crippen LogP contribution in [0.25, 0.3) is 11.0 Å². The van der Waals surface area contributed by atoms with Gasteiger partial charge in [0.25, 0.3) is 0 Å². The van der Waals surface area contributed by atoms with Crippen LogP contribution in [0.3, 0.4) is 0 Å². The summed E-state index contributed by atoms with van der Waals surface area (Å²) in [5.41, 5.74) is 3.20. The van der Waals surface area contributed by atoms with Crippen LogP contribution in [0.4, 0.5) is 0 Å². The topological polar surface area (TPSA) is 41.6 Å². The number of nitrogens with one attached hydrogen (secondary N) is 1. The zero-order chi connectivity index (χ0) is 8.72. The Bertz CT molecular complexity index is 429. The van der Waals surface area contributed by atoms with Crippen molar-refractivity contribution in [2.45, 2.75) is 20.8 Å². The lowest BCUT2D eigenvalue weighted by Gasteiger charge is -1.97. The summed E-state index contributed by atoms with van der Waals surface area (Å²) >= 11 is 0. The van der Waals surface area contributed by atoms with E-state index in [0.717, 1.165) is 22.6 Å². The third kappa shape index (κ3) is 0.897. The van der Waals surface area contributed by atoms with Crippen LogP contribution in [-0.4, -0.2) is 15.0 Å². The average molecular weight is 161 g/mol. The zero-order valence-electron chi connectivity index (χ0n) is 7.47. The van der Waals surface area contributed by atoms with Gasteiger partial charge in [-0.1, -0.05) is 0 Å². The second kappa shape index (κ2) is 2.30. The van der Waals surface area contributed by atoms with Crippen molar-refractivity contribution in [1.82, 2.24) is 15.0 Å². The molecule has 2 heterocycles. The number of rotatable bonds is 0. The van der Waals surface area contributed by atoms with Gasteiger partial charge in [0.2, 0.25) is 0 Å². The number of nitrogens with zero attached hydrogens (tertiary/aromatic N) is 2. The molecule has 3 nitrogen and oxygen atoms in total. The van der Waals surface area contributed by atoms with Crippen LogP contribution in [0.1, 0.15) is 17.1 Å². The highest BCUT2D eigenvalue weighted by atomic mass is 14.9. The van der Waals surface area contributed by atoms with E-state index in [1.807, 2.05) is 20.0 Å². The lowest BCUT2D eigenvalue weighted by Crippen LogP contribution is -1.91. The molecule has 0 aliphatic carbocycles. The molecular formula is C9H11N3. The van der Waals surface area contributed by atoms with Crippen molar-refractivity contribution < 1.29 is 0 Å². The average Bonchev–Trinajstić information content (AvgIpc) is 2.31. The Morgan fingerprint density at radius 3 is 2.67 bits per heavy atom. The number of aromatic nitrogens is 3. The molecule has 0 amide bonds. The van der Waals surface area contributed by atoms with E-state index < -0.39 is 0 Å². The molecule has 2 aromatic rings. The first-order valence-corrected chi connectivity index (χ1v) is 3.97. The Morgan fingerprint density at radius 1 is 1.17 bits per heavy atom. The fourth-order valence-corrected chi connectivity index (χ4v) is 1.54. The second-order valence-electron chi connectivity index (χ2n) is 3.05. The van der Waals surface area contributed by atoms with Crippen LogP contribution in [0.15, 0.2) is 6.20 Å². The number of aryl methyl sites for hydroxylation is 3. The standard InChI is InChI=1S/C9H11N3/c1-5-4-10-9-8(5)6(2)11-7(3)12-9/h4H,1-3H3,(H,10,11,12). The highest BCUT2D eigenvalue weighted by Crippen LogP contribution is 2.17. The van der Waals surface area contributed by atoms with Gasteiger partial charge in [-0.15, -0.1) is 0 Å². The number of fused-ring (bicyclic) bond motifs is 1. The molecule has 0 unspecified atom stereocenters. The summed E-state index contributed by atoms with van der Waals surface area (Å²) in [5, 5.41) is 1.15. The first-order chi connectivity index (χ1) is 5.68. The van der Waals surface area contributed by atoms with Crippen LogP contribution in [0.2, 0.25) is 0 Å². The summed E-state index contributed by atoms with van der Waals surface area (Å²) in [5.74, 6) is 0.821. The maximum absolute atomic E-state index is 4.30. The smallest absolute Gasteiger partial charge is 0.141 e. The molecule has 0 saturated carbocycles. The number of aromatic amines is 1. The molecule has 0 saturated heterocycles. The summed E-state index contributed by atoms with van der Waals surface area (Å²) in [4.78, 5) is 11.7. The maximum Gasteiger partial charge on any atom is 0.141 e. The Labute approximate surface area is 70.9 Å². The van der Waals surface area contributed by atoms with Crippen molar-refractivity contribution in [2.24, 2.45) is 0 Å². The summed E-state index contributed by atoms with van der Waals surface area (Å²) < 4.78 is 0. The minimum atomic E-state index is 0.821. The number of hydrogen-bond donors (Lipinski definition) is 1. The molecule has 0 spiro atoms. The lowest BCUT2D eigenvalue weighted by atomic mass is 10.2. The van der Waals surface area contributed by atoms with E-state index in [-0.39, 0.29) is 0 Å². The van der Waals surface area contributed by atoms with E-state index in [4.69, 9.17) is 0 Å². The Hall–Kier alpha value is -1.38. The number of hydrogen-bond acceptors (Lipinski definition) is 2. The van der Waals surface area contributed by atoms with Gasteiger partial charge in [0.15, 0.2) is 0 Å². The quantitative estimate of drug-likeness (QED) is 0.641. The molecule has 2 aromatic heterocycles. The second-order valence-corrected chi connectivity index (χ2v) is 3.05. The predicted molar refractivity (Wildman–Crippen MR) is 48.1 cm³/mol. The normalized spacial score (nSPS) is 10.9. The van der Waals surface area contributed by atoms with Crippen molar-refractivity contribution in [2.75, 3.05) is 0 Å². The van der Waals surface area contributed by atoms with Crippen LogP contribution in [-0.2, 0) is 0 Å². The van der Waals surface area contributed by atoms with E-state index in [1.165, 1.54) is 5.56 Å². The van der Waals surface area contributed by atoms with E-state index in [9.17, 15) is 0 Å². The van der Waals surface area contributed by atoms with Gasteiger partial charge in [-0.2, -0.15) is 0 Å². The fourth-order valence-electron chi connectivity index (χ4n) is 1.54. The monoisotopic (exact) mass is 161 g/mol. The van der Waals surface area contributed by atoms with Gasteiger partial charge in [-0.05, 0) is 26.3 Å². The first kappa shape index (κ1) is 7.28. The zero-order valence-corrected chi connectivity index (χ0v) is 7.47. The summed E-state index contributed by atoms with van der Waals surface area (Å²) in [6, 6.07) is 0. The summed E-state index contributed by atoms with van der Waals surface area (Å²) in [6.45, 7) is 5.98. The molecule has 0 aliphatic heterocycles. The van der Waals surface area contributed by atoms with Gasteiger partial charge >= 0.3 is 0 Å². The maximum atomic E-state index is 4.30. The van der Waals surface area contributed by atoms with Crippen molar-refractivity contribution in [3.8, 4) is 0 Å². The molecule has 0 bridgehead atoms. The predicted octanol–water partition coefficient (Wildman–Crippen LogP) is 1.88. The molecule has 12 heavy (non-hydrogen) atoms. The third-order valence-corrected chi connectivity index (χ3v) is 2.02. The number of H-pyrrole nitrogens is 1. The highest BCUT2D eigenvalue weighted by Gasteiger charge is 2.05. The molecule has 0 fully saturated rings. The van der Waals surface area contributed by atoms with E-state index in [2.05, 4.69) is 21.9 Å². The van der Waals surface area contributed by atoms with Crippen LogP contribution < -0.4 is 0 Å². The van der Waals surface area contributed by atoms with Gasteiger partial charge in [-0.3, -0.25) is 0 Å². The summed E-state index contributed by atoms with van der Waals surface area (Å²) in [7, 11) is 0. The van der Waals surface area contributed by atoms with E-state index >= 15 is 0 Å². The van der Waals surface area contributed by atoms with Crippen LogP contribution in [0, 0.1) is 20.8 Å². The molecule has 0 atom stereocenters. The van der Waals surface area contributed by atoms with Crippen molar-refractivity contribution in [1.29, 1.82) is 0 Å². The molecule has 1 N–H and O–H groups in total. The fraction of sp³-hybridized carbons (Fsp3) is 0.333. The highest BCUT2D eigenvalue weighted by molar-refractivity contribution is 5.81. The molecule has 62 valence electrons.